The number of hydrogen-bond acceptors (Lipinski definition) is 21. The molecule has 0 amide bonds. The summed E-state index contributed by atoms with van der Waals surface area (Å²) < 4.78 is 13.8. The molecular formula is C46H34O34. The third-order valence-corrected chi connectivity index (χ3v) is 10.8. The van der Waals surface area contributed by atoms with E-state index in [-0.39, 0.29) is 18.8 Å². The van der Waals surface area contributed by atoms with Crippen molar-refractivity contribution in [3.8, 4) is 0 Å². The summed E-state index contributed by atoms with van der Waals surface area (Å²) in [4.78, 5) is 234. The number of unbranched alkanes of at least 4 members (excludes halogenated alkanes) is 4. The van der Waals surface area contributed by atoms with Gasteiger partial charge in [-0.1, -0.05) is 46.0 Å². The fourth-order valence-corrected chi connectivity index (χ4v) is 7.85. The summed E-state index contributed by atoms with van der Waals surface area (Å²) in [5.74, 6) is -51.1. The molecule has 3 aromatic carbocycles. The van der Waals surface area contributed by atoms with Crippen LogP contribution in [0.2, 0.25) is 0 Å². The SMILES string of the molecule is CC(C)CCCCCCCOC(=O)c1c(C(=O)O)c(C(=O)O)c(C(=O)O)c(C(=O)OC(=O)c2c(C(=O)O)c(C(=O)O)c(C(=O)O)c(C(=O)O)c2C(=O)O)c1C(=O)OC(=O)c1c(C(=O)O)c(C(=O)O)c(C(=O)O)c(C(=O)O)c1C(=O)O. The Labute approximate surface area is 438 Å². The van der Waals surface area contributed by atoms with E-state index in [9.17, 15) is 153 Å². The highest BCUT2D eigenvalue weighted by molar-refractivity contribution is 6.29. The molecule has 0 saturated heterocycles. The van der Waals surface area contributed by atoms with Crippen LogP contribution in [0.3, 0.4) is 0 Å². The summed E-state index contributed by atoms with van der Waals surface area (Å²) in [6, 6.07) is 0. The third-order valence-electron chi connectivity index (χ3n) is 10.8. The van der Waals surface area contributed by atoms with Gasteiger partial charge in [0.2, 0.25) is 0 Å². The highest BCUT2D eigenvalue weighted by Crippen LogP contribution is 2.36. The molecule has 0 atom stereocenters. The Kier molecular flexibility index (Phi) is 19.6. The molecule has 422 valence electrons. The van der Waals surface area contributed by atoms with Gasteiger partial charge in [0.15, 0.2) is 0 Å². The molecule has 0 saturated carbocycles. The van der Waals surface area contributed by atoms with Crippen molar-refractivity contribution in [2.45, 2.75) is 52.4 Å². The highest BCUT2D eigenvalue weighted by Gasteiger charge is 2.47. The van der Waals surface area contributed by atoms with Crippen molar-refractivity contribution in [3.05, 3.63) is 100 Å². The summed E-state index contributed by atoms with van der Waals surface area (Å²) in [5, 5.41) is 130. The zero-order valence-corrected chi connectivity index (χ0v) is 39.9. The largest absolute Gasteiger partial charge is 0.478 e. The van der Waals surface area contributed by atoms with Crippen LogP contribution in [-0.2, 0) is 14.2 Å². The van der Waals surface area contributed by atoms with E-state index in [2.05, 4.69) is 9.47 Å². The van der Waals surface area contributed by atoms with Crippen LogP contribution in [0, 0.1) is 5.92 Å². The minimum absolute atomic E-state index is 0.158. The van der Waals surface area contributed by atoms with E-state index in [1.807, 2.05) is 13.8 Å². The van der Waals surface area contributed by atoms with Gasteiger partial charge in [-0.25, -0.2) is 86.3 Å². The lowest BCUT2D eigenvalue weighted by Gasteiger charge is -2.21. The van der Waals surface area contributed by atoms with Gasteiger partial charge in [-0.2, -0.15) is 0 Å². The number of ether oxygens (including phenoxy) is 3. The number of benzene rings is 3. The molecule has 3 aromatic rings. The highest BCUT2D eigenvalue weighted by atomic mass is 16.6. The maximum absolute atomic E-state index is 14.6. The molecule has 0 heterocycles. The first kappa shape index (κ1) is 62.8. The van der Waals surface area contributed by atoms with Crippen molar-refractivity contribution in [2.75, 3.05) is 6.61 Å². The normalized spacial score (nSPS) is 10.6. The maximum atomic E-state index is 14.6. The number of rotatable bonds is 26. The standard InChI is InChI=1S/C46H34O34/c1-10(2)8-6-4-3-5-7-9-78-42(73)26-22(40(69)70)17(35(59)60)23(41(71)72)27(45(76)79-43(74)24-18(36(61)62)13(31(51)52)11(29(47)48)14(32(53)54)19(24)37(63)64)28(26)46(77)80-44(75)25-20(38(65)66)15(33(55)56)12(30(49)50)16(34(57)58)21(25)39(67)68/h10H,3-9H2,1-2H3,(H,47,48)(H,49,50)(H,51,52)(H,53,54)(H,55,56)(H,57,58)(H,59,60)(H,61,62)(H,63,64)(H,65,66)(H,67,68)(H,69,70)(H,71,72). The Bertz CT molecular complexity index is 3290. The molecule has 80 heavy (non-hydrogen) atoms. The van der Waals surface area contributed by atoms with Crippen LogP contribution < -0.4 is 0 Å². The molecule has 0 aromatic heterocycles. The topological polar surface area (TPSA) is 598 Å². The fourth-order valence-electron chi connectivity index (χ4n) is 7.85. The molecule has 0 aliphatic rings. The first-order valence-electron chi connectivity index (χ1n) is 21.5. The Balaban J connectivity index is 2.75. The van der Waals surface area contributed by atoms with Crippen LogP contribution in [0.1, 0.15) is 239 Å². The van der Waals surface area contributed by atoms with Gasteiger partial charge >= 0.3 is 107 Å². The molecule has 0 bridgehead atoms. The van der Waals surface area contributed by atoms with E-state index in [0.29, 0.717) is 19.3 Å². The molecule has 0 unspecified atom stereocenters. The number of hydrogen-bond donors (Lipinski definition) is 13. The van der Waals surface area contributed by atoms with Crippen molar-refractivity contribution in [1.82, 2.24) is 0 Å². The lowest BCUT2D eigenvalue weighted by Crippen LogP contribution is -2.33. The second-order valence-electron chi connectivity index (χ2n) is 16.2. The zero-order chi connectivity index (χ0) is 61.4. The van der Waals surface area contributed by atoms with E-state index >= 15 is 0 Å². The van der Waals surface area contributed by atoms with Crippen molar-refractivity contribution < 1.29 is 167 Å². The predicted octanol–water partition coefficient (Wildman–Crippen LogP) is 2.91. The van der Waals surface area contributed by atoms with Crippen LogP contribution in [-0.4, -0.2) is 180 Å². The Morgan fingerprint density at radius 3 is 0.625 bits per heavy atom. The first-order chi connectivity index (χ1) is 37.0. The quantitative estimate of drug-likeness (QED) is 0.0238. The third kappa shape index (κ3) is 12.4. The number of aromatic carboxylic acids is 13. The van der Waals surface area contributed by atoms with E-state index in [0.717, 1.165) is 6.42 Å². The first-order valence-corrected chi connectivity index (χ1v) is 21.5. The monoisotopic (exact) mass is 1130 g/mol. The van der Waals surface area contributed by atoms with Gasteiger partial charge in [0.05, 0.1) is 107 Å². The van der Waals surface area contributed by atoms with Crippen LogP contribution in [0.15, 0.2) is 0 Å². The number of carboxylic acid groups (broad SMARTS) is 13. The van der Waals surface area contributed by atoms with Gasteiger partial charge < -0.3 is 80.6 Å². The Hall–Kier alpha value is -11.5. The molecule has 13 N–H and O–H groups in total. The number of esters is 5. The van der Waals surface area contributed by atoms with Crippen LogP contribution >= 0.6 is 0 Å². The number of carbonyl (C=O) groups excluding carboxylic acids is 5. The molecular weight excluding hydrogens is 1100 g/mol. The number of carboxylic acids is 13. The summed E-state index contributed by atoms with van der Waals surface area (Å²) in [6.07, 6.45) is 2.35. The molecule has 0 aliphatic carbocycles. The van der Waals surface area contributed by atoms with Crippen molar-refractivity contribution in [3.63, 3.8) is 0 Å². The smallest absolute Gasteiger partial charge is 0.347 e. The van der Waals surface area contributed by atoms with Gasteiger partial charge in [-0.3, -0.25) is 0 Å². The fraction of sp³-hybridized carbons (Fsp3) is 0.217. The molecule has 34 nitrogen and oxygen atoms in total. The maximum Gasteiger partial charge on any atom is 0.347 e. The van der Waals surface area contributed by atoms with Gasteiger partial charge in [-0.15, -0.1) is 0 Å². The van der Waals surface area contributed by atoms with Gasteiger partial charge in [0.1, 0.15) is 0 Å². The second-order valence-corrected chi connectivity index (χ2v) is 16.2. The molecule has 0 spiro atoms. The summed E-state index contributed by atoms with van der Waals surface area (Å²) in [5.41, 5.74) is -42.4. The van der Waals surface area contributed by atoms with Gasteiger partial charge in [0.25, 0.3) is 0 Å². The van der Waals surface area contributed by atoms with E-state index in [1.54, 1.807) is 0 Å². The van der Waals surface area contributed by atoms with Gasteiger partial charge in [0, 0.05) is 0 Å². The lowest BCUT2D eigenvalue weighted by molar-refractivity contribution is 0.0342. The average molecular weight is 1130 g/mol. The molecule has 0 radical (unpaired) electrons. The van der Waals surface area contributed by atoms with E-state index in [4.69, 9.17) is 4.74 Å². The molecule has 3 rings (SSSR count). The van der Waals surface area contributed by atoms with Crippen LogP contribution in [0.5, 0.6) is 0 Å². The van der Waals surface area contributed by atoms with E-state index < -0.39 is 214 Å². The Morgan fingerprint density at radius 1 is 0.250 bits per heavy atom. The van der Waals surface area contributed by atoms with Crippen LogP contribution in [0.4, 0.5) is 0 Å². The number of carbonyl (C=O) groups is 18. The van der Waals surface area contributed by atoms with E-state index in [1.165, 1.54) is 0 Å². The predicted molar refractivity (Wildman–Crippen MR) is 242 cm³/mol. The van der Waals surface area contributed by atoms with Crippen molar-refractivity contribution in [2.24, 2.45) is 5.92 Å². The lowest BCUT2D eigenvalue weighted by atomic mass is 9.85. The molecule has 34 heteroatoms. The summed E-state index contributed by atoms with van der Waals surface area (Å²) >= 11 is 0. The van der Waals surface area contributed by atoms with Crippen LogP contribution in [0.25, 0.3) is 0 Å². The minimum atomic E-state index is -3.13. The summed E-state index contributed by atoms with van der Waals surface area (Å²) in [6.45, 7) is 2.91. The van der Waals surface area contributed by atoms with Crippen molar-refractivity contribution >= 4 is 107 Å². The van der Waals surface area contributed by atoms with Gasteiger partial charge in [-0.05, 0) is 12.3 Å². The Morgan fingerprint density at radius 2 is 0.412 bits per heavy atom. The minimum Gasteiger partial charge on any atom is -0.478 e. The average Bonchev–Trinajstić information content (AvgIpc) is 3.33. The summed E-state index contributed by atoms with van der Waals surface area (Å²) in [7, 11) is 0. The molecule has 0 fully saturated rings. The van der Waals surface area contributed by atoms with Crippen molar-refractivity contribution in [1.29, 1.82) is 0 Å². The zero-order valence-electron chi connectivity index (χ0n) is 39.9. The molecule has 0 aliphatic heterocycles. The second kappa shape index (κ2) is 24.9.